The van der Waals surface area contributed by atoms with Crippen LogP contribution >= 0.6 is 0 Å². The summed E-state index contributed by atoms with van der Waals surface area (Å²) in [6, 6.07) is 19.3. The molecule has 2 aliphatic rings. The fraction of sp³-hybridized carbons (Fsp3) is 0.533. The molecule has 326 valence electrons. The summed E-state index contributed by atoms with van der Waals surface area (Å²) in [7, 11) is -7.49. The van der Waals surface area contributed by atoms with Crippen molar-refractivity contribution in [3.05, 3.63) is 94.6 Å². The van der Waals surface area contributed by atoms with Crippen molar-refractivity contribution in [1.82, 2.24) is 19.6 Å². The van der Waals surface area contributed by atoms with Crippen LogP contribution in [0.4, 0.5) is 11.4 Å². The molecule has 13 nitrogen and oxygen atoms in total. The number of hydrogen-bond donors (Lipinski definition) is 1. The van der Waals surface area contributed by atoms with Gasteiger partial charge in [-0.05, 0) is 104 Å². The number of nitrogens with zero attached hydrogens (tertiary/aromatic N) is 6. The van der Waals surface area contributed by atoms with E-state index >= 15 is 0 Å². The van der Waals surface area contributed by atoms with Gasteiger partial charge in [0.25, 0.3) is 5.72 Å². The fourth-order valence-electron chi connectivity index (χ4n) is 8.62. The van der Waals surface area contributed by atoms with E-state index in [-0.39, 0.29) is 34.9 Å². The van der Waals surface area contributed by atoms with Gasteiger partial charge in [-0.25, -0.2) is 30.8 Å². The molecular formula is C45H63N7O6S2. The molecule has 0 aliphatic carbocycles. The van der Waals surface area contributed by atoms with E-state index in [4.69, 9.17) is 24.7 Å². The van der Waals surface area contributed by atoms with Crippen molar-refractivity contribution in [3.8, 4) is 11.5 Å². The molecule has 0 saturated heterocycles. The minimum atomic E-state index is -4.14. The molecule has 0 bridgehead atoms. The minimum absolute atomic E-state index is 0.0343. The second-order valence-corrected chi connectivity index (χ2v) is 21.8. The molecule has 1 aromatic heterocycles. The van der Waals surface area contributed by atoms with Gasteiger partial charge in [-0.3, -0.25) is 0 Å². The highest BCUT2D eigenvalue weighted by atomic mass is 32.2. The number of ether oxygens (including phenoxy) is 2. The number of rotatable bonds is 16. The Hall–Kier alpha value is -4.47. The van der Waals surface area contributed by atoms with Crippen LogP contribution in [0.1, 0.15) is 121 Å². The molecule has 4 aromatic rings. The number of hydrogen-bond acceptors (Lipinski definition) is 10. The van der Waals surface area contributed by atoms with Gasteiger partial charge in [0.2, 0.25) is 25.9 Å². The van der Waals surface area contributed by atoms with E-state index in [2.05, 4.69) is 71.4 Å². The number of aryl methyl sites for hydroxylation is 2. The third-order valence-electron chi connectivity index (χ3n) is 11.2. The second-order valence-electron chi connectivity index (χ2n) is 18.2. The van der Waals surface area contributed by atoms with E-state index in [1.54, 1.807) is 31.2 Å². The van der Waals surface area contributed by atoms with Gasteiger partial charge in [-0.15, -0.1) is 9.89 Å². The quantitative estimate of drug-likeness (QED) is 0.118. The third kappa shape index (κ3) is 9.52. The van der Waals surface area contributed by atoms with Gasteiger partial charge < -0.3 is 14.4 Å². The van der Waals surface area contributed by atoms with Crippen LogP contribution in [0, 0.1) is 12.3 Å². The summed E-state index contributed by atoms with van der Waals surface area (Å²) in [4.78, 5) is 8.57. The molecule has 15 heteroatoms. The zero-order valence-corrected chi connectivity index (χ0v) is 38.8. The minimum Gasteiger partial charge on any atom is -0.493 e. The molecule has 1 N–H and O–H groups in total. The predicted molar refractivity (Wildman–Crippen MR) is 240 cm³/mol. The molecule has 1 spiro atoms. The Labute approximate surface area is 357 Å². The molecule has 0 amide bonds. The summed E-state index contributed by atoms with van der Waals surface area (Å²) in [6.07, 6.45) is 4.51. The lowest BCUT2D eigenvalue weighted by atomic mass is 9.72. The van der Waals surface area contributed by atoms with Crippen LogP contribution in [-0.4, -0.2) is 69.9 Å². The monoisotopic (exact) mass is 861 g/mol. The van der Waals surface area contributed by atoms with Crippen molar-refractivity contribution >= 4 is 37.1 Å². The largest absolute Gasteiger partial charge is 0.493 e. The van der Waals surface area contributed by atoms with Crippen LogP contribution in [0.25, 0.3) is 0 Å². The zero-order chi connectivity index (χ0) is 43.8. The number of anilines is 2. The van der Waals surface area contributed by atoms with Gasteiger partial charge in [0.05, 0.1) is 24.3 Å². The summed E-state index contributed by atoms with van der Waals surface area (Å²) in [5, 5.41) is 9.69. The maximum atomic E-state index is 14.9. The highest BCUT2D eigenvalue weighted by Crippen LogP contribution is 2.47. The van der Waals surface area contributed by atoms with Gasteiger partial charge in [0.15, 0.2) is 5.82 Å². The second kappa shape index (κ2) is 17.1. The van der Waals surface area contributed by atoms with Crippen LogP contribution in [0.2, 0.25) is 0 Å². The van der Waals surface area contributed by atoms with E-state index in [0.717, 1.165) is 42.5 Å². The average molecular weight is 862 g/mol. The van der Waals surface area contributed by atoms with Crippen LogP contribution < -0.4 is 23.4 Å². The van der Waals surface area contributed by atoms with Crippen molar-refractivity contribution in [2.45, 2.75) is 118 Å². The number of likely N-dealkylation sites (N-methyl/N-ethyl adjacent to an activating group) is 1. The Kier molecular flexibility index (Phi) is 12.9. The standard InChI is InChI=1S/C45H63N7O6S2/c1-12-26-57-39-23-20-36(44(9,10)30-43(6,7)8)28-34(39)19-18-31(3)41-47-42-45(33(5)48-52(42)49-41)51(60(55,56)29-35-16-14-15-17-40(35)58-45)38-22-21-37(27-32(38)4)50(13-2)25-24-46-59(11,53)54/h14-17,20-23,27-28,31,46H,12-13,18-19,24-26,29-30H2,1-11H3. The molecule has 6 rings (SSSR count). The number of benzene rings is 3. The molecule has 0 radical (unpaired) electrons. The third-order valence-corrected chi connectivity index (χ3v) is 13.6. The summed E-state index contributed by atoms with van der Waals surface area (Å²) in [5.74, 6) is 1.67. The first-order valence-electron chi connectivity index (χ1n) is 21.0. The zero-order valence-electron chi connectivity index (χ0n) is 37.2. The molecule has 0 saturated carbocycles. The van der Waals surface area contributed by atoms with E-state index in [9.17, 15) is 16.8 Å². The van der Waals surface area contributed by atoms with Crippen molar-refractivity contribution in [3.63, 3.8) is 0 Å². The van der Waals surface area contributed by atoms with Crippen molar-refractivity contribution in [1.29, 1.82) is 0 Å². The highest BCUT2D eigenvalue weighted by Gasteiger charge is 2.59. The predicted octanol–water partition coefficient (Wildman–Crippen LogP) is 8.02. The van der Waals surface area contributed by atoms with Gasteiger partial charge >= 0.3 is 0 Å². The van der Waals surface area contributed by atoms with Gasteiger partial charge in [0.1, 0.15) is 17.2 Å². The molecule has 3 aromatic carbocycles. The number of nitrogens with one attached hydrogen (secondary N) is 1. The summed E-state index contributed by atoms with van der Waals surface area (Å²) >= 11 is 0. The number of fused-ring (bicyclic) bond motifs is 3. The molecule has 2 atom stereocenters. The van der Waals surface area contributed by atoms with E-state index in [1.807, 2.05) is 36.9 Å². The van der Waals surface area contributed by atoms with E-state index in [1.165, 1.54) is 14.7 Å². The van der Waals surface area contributed by atoms with Crippen LogP contribution in [0.15, 0.2) is 65.8 Å². The van der Waals surface area contributed by atoms with Gasteiger partial charge in [-0.2, -0.15) is 5.10 Å². The first kappa shape index (κ1) is 45.1. The number of aromatic nitrogens is 3. The Bertz CT molecular complexity index is 2460. The van der Waals surface area contributed by atoms with E-state index in [0.29, 0.717) is 60.2 Å². The molecule has 3 heterocycles. The summed E-state index contributed by atoms with van der Waals surface area (Å²) in [6.45, 7) is 23.1. The number of para-hydroxylation sites is 1. The first-order chi connectivity index (χ1) is 28.1. The maximum absolute atomic E-state index is 14.9. The lowest BCUT2D eigenvalue weighted by Crippen LogP contribution is -2.57. The van der Waals surface area contributed by atoms with E-state index < -0.39 is 25.8 Å². The Morgan fingerprint density at radius 1 is 1.03 bits per heavy atom. The molecule has 60 heavy (non-hydrogen) atoms. The lowest BCUT2D eigenvalue weighted by Gasteiger charge is -2.39. The van der Waals surface area contributed by atoms with Crippen molar-refractivity contribution < 1.29 is 26.3 Å². The molecule has 2 aliphatic heterocycles. The van der Waals surface area contributed by atoms with Crippen LogP contribution in [0.3, 0.4) is 0 Å². The first-order valence-corrected chi connectivity index (χ1v) is 24.5. The van der Waals surface area contributed by atoms with Crippen LogP contribution in [-0.2, 0) is 43.4 Å². The summed E-state index contributed by atoms with van der Waals surface area (Å²) in [5.41, 5.74) is 3.57. The SMILES string of the molecule is CCCOc1ccc(C(C)(C)CC(C)(C)C)cc1CCC(C)c1nc2n(n1)N=C(C)C21Oc2ccccc2CS(=O)(=O)N1c1ccc(N(CC)CCNS(C)(=O)=O)cc1C. The summed E-state index contributed by atoms with van der Waals surface area (Å²) < 4.78 is 70.3. The highest BCUT2D eigenvalue weighted by molar-refractivity contribution is 7.92. The Morgan fingerprint density at radius 2 is 1.77 bits per heavy atom. The molecule has 2 unspecified atom stereocenters. The molecule has 0 fully saturated rings. The number of sulfonamides is 2. The Morgan fingerprint density at radius 3 is 2.43 bits per heavy atom. The van der Waals surface area contributed by atoms with Crippen LogP contribution in [0.5, 0.6) is 11.5 Å². The fourth-order valence-corrected chi connectivity index (χ4v) is 11.0. The van der Waals surface area contributed by atoms with Gasteiger partial charge in [-0.1, -0.05) is 78.8 Å². The topological polar surface area (TPSA) is 148 Å². The average Bonchev–Trinajstić information content (AvgIpc) is 3.65. The lowest BCUT2D eigenvalue weighted by molar-refractivity contribution is 0.148. The smallest absolute Gasteiger partial charge is 0.299 e. The van der Waals surface area contributed by atoms with Gasteiger partial charge in [0, 0.05) is 36.8 Å². The Balaban J connectivity index is 1.37. The normalized spacial score (nSPS) is 18.1. The van der Waals surface area contributed by atoms with Crippen molar-refractivity contribution in [2.24, 2.45) is 10.5 Å². The maximum Gasteiger partial charge on any atom is 0.299 e. The molecular weight excluding hydrogens is 799 g/mol. The van der Waals surface area contributed by atoms with Crippen molar-refractivity contribution in [2.75, 3.05) is 41.7 Å².